The SMILES string of the molecule is Cn1cc(-c2ccnc(C3(N)C=CC=C(N)C3)n2)c2ccccc21. The van der Waals surface area contributed by atoms with Crippen LogP contribution in [0.4, 0.5) is 0 Å². The van der Waals surface area contributed by atoms with Crippen molar-refractivity contribution in [3.63, 3.8) is 0 Å². The van der Waals surface area contributed by atoms with Crippen LogP contribution in [0.25, 0.3) is 22.2 Å². The summed E-state index contributed by atoms with van der Waals surface area (Å²) < 4.78 is 2.10. The topological polar surface area (TPSA) is 82.8 Å². The van der Waals surface area contributed by atoms with Crippen molar-refractivity contribution < 1.29 is 0 Å². The van der Waals surface area contributed by atoms with E-state index in [9.17, 15) is 0 Å². The number of para-hydroxylation sites is 1. The van der Waals surface area contributed by atoms with Crippen LogP contribution in [0, 0.1) is 0 Å². The molecule has 0 amide bonds. The number of fused-ring (bicyclic) bond motifs is 1. The molecule has 0 saturated carbocycles. The minimum Gasteiger partial charge on any atom is -0.402 e. The summed E-state index contributed by atoms with van der Waals surface area (Å²) in [7, 11) is 2.04. The summed E-state index contributed by atoms with van der Waals surface area (Å²) in [4.78, 5) is 9.16. The minimum absolute atomic E-state index is 0.516. The van der Waals surface area contributed by atoms with Crippen LogP contribution >= 0.6 is 0 Å². The van der Waals surface area contributed by atoms with Gasteiger partial charge in [-0.15, -0.1) is 0 Å². The normalized spacial score (nSPS) is 20.3. The lowest BCUT2D eigenvalue weighted by atomic mass is 9.89. The molecule has 4 rings (SSSR count). The summed E-state index contributed by atoms with van der Waals surface area (Å²) in [6, 6.07) is 10.2. The molecule has 2 aromatic heterocycles. The molecule has 120 valence electrons. The zero-order valence-corrected chi connectivity index (χ0v) is 13.5. The number of hydrogen-bond donors (Lipinski definition) is 2. The van der Waals surface area contributed by atoms with E-state index in [4.69, 9.17) is 16.5 Å². The molecule has 0 bridgehead atoms. The number of benzene rings is 1. The van der Waals surface area contributed by atoms with Gasteiger partial charge in [0.15, 0.2) is 5.82 Å². The second-order valence-corrected chi connectivity index (χ2v) is 6.25. The first-order valence-electron chi connectivity index (χ1n) is 7.87. The van der Waals surface area contributed by atoms with Gasteiger partial charge in [-0.05, 0) is 18.2 Å². The molecule has 1 unspecified atom stereocenters. The molecule has 2 heterocycles. The first-order chi connectivity index (χ1) is 11.6. The molecule has 1 aliphatic carbocycles. The summed E-state index contributed by atoms with van der Waals surface area (Å²) in [5.41, 5.74) is 15.5. The quantitative estimate of drug-likeness (QED) is 0.761. The maximum Gasteiger partial charge on any atom is 0.153 e. The van der Waals surface area contributed by atoms with E-state index >= 15 is 0 Å². The Hall–Kier alpha value is -2.92. The molecule has 5 heteroatoms. The Labute approximate surface area is 140 Å². The average molecular weight is 317 g/mol. The fraction of sp³-hybridized carbons (Fsp3) is 0.158. The molecule has 0 aliphatic heterocycles. The van der Waals surface area contributed by atoms with E-state index in [2.05, 4.69) is 27.9 Å². The van der Waals surface area contributed by atoms with E-state index in [0.29, 0.717) is 12.2 Å². The van der Waals surface area contributed by atoms with Gasteiger partial charge in [0.1, 0.15) is 5.54 Å². The summed E-state index contributed by atoms with van der Waals surface area (Å²) in [6.07, 6.45) is 10.0. The van der Waals surface area contributed by atoms with Crippen molar-refractivity contribution in [2.45, 2.75) is 12.0 Å². The molecule has 1 aromatic carbocycles. The molecular formula is C19H19N5. The Morgan fingerprint density at radius 2 is 2.04 bits per heavy atom. The van der Waals surface area contributed by atoms with Gasteiger partial charge in [-0.25, -0.2) is 9.97 Å². The summed E-state index contributed by atoms with van der Waals surface area (Å²) in [6.45, 7) is 0. The van der Waals surface area contributed by atoms with Crippen LogP contribution in [0.2, 0.25) is 0 Å². The van der Waals surface area contributed by atoms with Crippen molar-refractivity contribution in [2.24, 2.45) is 18.5 Å². The van der Waals surface area contributed by atoms with Crippen molar-refractivity contribution in [2.75, 3.05) is 0 Å². The molecule has 0 saturated heterocycles. The Morgan fingerprint density at radius 1 is 1.21 bits per heavy atom. The number of rotatable bonds is 2. The number of hydrogen-bond acceptors (Lipinski definition) is 4. The van der Waals surface area contributed by atoms with Crippen LogP contribution in [-0.2, 0) is 12.6 Å². The second kappa shape index (κ2) is 5.32. The van der Waals surface area contributed by atoms with Crippen molar-refractivity contribution >= 4 is 10.9 Å². The minimum atomic E-state index is -0.764. The first kappa shape index (κ1) is 14.7. The number of aryl methyl sites for hydroxylation is 1. The summed E-state index contributed by atoms with van der Waals surface area (Å²) in [5, 5.41) is 1.16. The van der Waals surface area contributed by atoms with E-state index in [1.165, 1.54) is 5.52 Å². The summed E-state index contributed by atoms with van der Waals surface area (Å²) in [5.74, 6) is 0.584. The Bertz CT molecular complexity index is 982. The van der Waals surface area contributed by atoms with Gasteiger partial charge in [-0.3, -0.25) is 0 Å². The van der Waals surface area contributed by atoms with E-state index < -0.39 is 5.54 Å². The third-order valence-corrected chi connectivity index (χ3v) is 4.45. The van der Waals surface area contributed by atoms with Crippen LogP contribution < -0.4 is 11.5 Å². The number of aromatic nitrogens is 3. The van der Waals surface area contributed by atoms with Crippen LogP contribution in [-0.4, -0.2) is 14.5 Å². The van der Waals surface area contributed by atoms with Gasteiger partial charge >= 0.3 is 0 Å². The van der Waals surface area contributed by atoms with Gasteiger partial charge in [-0.2, -0.15) is 0 Å². The lowest BCUT2D eigenvalue weighted by Gasteiger charge is -2.26. The molecule has 0 fully saturated rings. The monoisotopic (exact) mass is 317 g/mol. The molecule has 4 N–H and O–H groups in total. The highest BCUT2D eigenvalue weighted by Crippen LogP contribution is 2.31. The molecule has 5 nitrogen and oxygen atoms in total. The van der Waals surface area contributed by atoms with Crippen LogP contribution in [0.1, 0.15) is 12.2 Å². The molecule has 0 spiro atoms. The number of nitrogens with two attached hydrogens (primary N) is 2. The van der Waals surface area contributed by atoms with E-state index in [0.717, 1.165) is 22.3 Å². The van der Waals surface area contributed by atoms with Gasteiger partial charge in [0.05, 0.1) is 5.69 Å². The highest BCUT2D eigenvalue weighted by Gasteiger charge is 2.30. The van der Waals surface area contributed by atoms with Crippen molar-refractivity contribution in [1.82, 2.24) is 14.5 Å². The molecule has 1 aliphatic rings. The number of allylic oxidation sites excluding steroid dienone is 2. The Balaban J connectivity index is 1.83. The molecular weight excluding hydrogens is 298 g/mol. The highest BCUT2D eigenvalue weighted by atomic mass is 15.0. The third kappa shape index (κ3) is 2.30. The van der Waals surface area contributed by atoms with Crippen LogP contribution in [0.3, 0.4) is 0 Å². The van der Waals surface area contributed by atoms with Crippen molar-refractivity contribution in [3.8, 4) is 11.3 Å². The maximum absolute atomic E-state index is 6.50. The fourth-order valence-corrected chi connectivity index (χ4v) is 3.23. The summed E-state index contributed by atoms with van der Waals surface area (Å²) >= 11 is 0. The van der Waals surface area contributed by atoms with Gasteiger partial charge in [0.2, 0.25) is 0 Å². The third-order valence-electron chi connectivity index (χ3n) is 4.45. The van der Waals surface area contributed by atoms with Gasteiger partial charge in [0, 0.05) is 48.0 Å². The molecule has 24 heavy (non-hydrogen) atoms. The van der Waals surface area contributed by atoms with Crippen LogP contribution in [0.5, 0.6) is 0 Å². The lowest BCUT2D eigenvalue weighted by molar-refractivity contribution is 0.510. The lowest BCUT2D eigenvalue weighted by Crippen LogP contribution is -2.39. The zero-order chi connectivity index (χ0) is 16.7. The largest absolute Gasteiger partial charge is 0.402 e. The maximum atomic E-state index is 6.50. The highest BCUT2D eigenvalue weighted by molar-refractivity contribution is 5.95. The Kier molecular flexibility index (Phi) is 3.25. The van der Waals surface area contributed by atoms with Gasteiger partial charge < -0.3 is 16.0 Å². The molecule has 0 radical (unpaired) electrons. The molecule has 3 aromatic rings. The Morgan fingerprint density at radius 3 is 2.88 bits per heavy atom. The van der Waals surface area contributed by atoms with E-state index in [1.807, 2.05) is 43.5 Å². The standard InChI is InChI=1S/C19H19N5/c1-24-12-15(14-6-2-3-7-17(14)24)16-8-10-22-18(23-16)19(21)9-4-5-13(20)11-19/h2-10,12H,11,20-21H2,1H3. The van der Waals surface area contributed by atoms with Crippen molar-refractivity contribution in [1.29, 1.82) is 0 Å². The predicted molar refractivity (Wildman–Crippen MR) is 95.8 cm³/mol. The van der Waals surface area contributed by atoms with Crippen LogP contribution in [0.15, 0.2) is 66.7 Å². The van der Waals surface area contributed by atoms with Crippen molar-refractivity contribution in [3.05, 3.63) is 72.5 Å². The first-order valence-corrected chi connectivity index (χ1v) is 7.87. The van der Waals surface area contributed by atoms with Gasteiger partial charge in [-0.1, -0.05) is 30.4 Å². The van der Waals surface area contributed by atoms with E-state index in [-0.39, 0.29) is 0 Å². The smallest absolute Gasteiger partial charge is 0.153 e. The fourth-order valence-electron chi connectivity index (χ4n) is 3.23. The van der Waals surface area contributed by atoms with E-state index in [1.54, 1.807) is 6.20 Å². The van der Waals surface area contributed by atoms with Gasteiger partial charge in [0.25, 0.3) is 0 Å². The zero-order valence-electron chi connectivity index (χ0n) is 13.5. The predicted octanol–water partition coefficient (Wildman–Crippen LogP) is 2.59. The average Bonchev–Trinajstić information content (AvgIpc) is 2.92. The molecule has 1 atom stereocenters. The second-order valence-electron chi connectivity index (χ2n) is 6.25. The number of nitrogens with zero attached hydrogens (tertiary/aromatic N) is 3.